The lowest BCUT2D eigenvalue weighted by Gasteiger charge is -2.17. The zero-order valence-electron chi connectivity index (χ0n) is 7.88. The first-order chi connectivity index (χ1) is 6.33. The van der Waals surface area contributed by atoms with Gasteiger partial charge in [0.25, 0.3) is 0 Å². The second-order valence-electron chi connectivity index (χ2n) is 3.40. The molecule has 13 heavy (non-hydrogen) atoms. The Balaban J connectivity index is 2.35. The average molecular weight is 174 g/mol. The Morgan fingerprint density at radius 3 is 2.92 bits per heavy atom. The topological polar surface area (TPSA) is 27.1 Å². The maximum Gasteiger partial charge on any atom is 0.105 e. The molecule has 1 aromatic rings. The number of nitrogens with zero attached hydrogens (tertiary/aromatic N) is 1. The summed E-state index contributed by atoms with van der Waals surface area (Å²) in [6.45, 7) is 3.12. The number of hydrogen-bond donors (Lipinski definition) is 1. The minimum absolute atomic E-state index is 0.739. The quantitative estimate of drug-likeness (QED) is 0.732. The molecule has 2 rings (SSSR count). The molecule has 0 aliphatic carbocycles. The van der Waals surface area contributed by atoms with E-state index in [1.165, 1.54) is 11.3 Å². The Morgan fingerprint density at radius 2 is 2.15 bits per heavy atom. The van der Waals surface area contributed by atoms with Gasteiger partial charge in [-0.15, -0.1) is 0 Å². The van der Waals surface area contributed by atoms with E-state index in [1.54, 1.807) is 0 Å². The maximum absolute atomic E-state index is 7.82. The maximum atomic E-state index is 7.82. The van der Waals surface area contributed by atoms with Crippen LogP contribution in [0.1, 0.15) is 18.9 Å². The van der Waals surface area contributed by atoms with Gasteiger partial charge in [-0.05, 0) is 18.1 Å². The summed E-state index contributed by atoms with van der Waals surface area (Å²) in [5, 5.41) is 7.82. The third-order valence-electron chi connectivity index (χ3n) is 2.41. The first-order valence-electron chi connectivity index (χ1n) is 4.76. The van der Waals surface area contributed by atoms with Crippen molar-refractivity contribution >= 4 is 11.5 Å². The fraction of sp³-hybridized carbons (Fsp3) is 0.364. The Labute approximate surface area is 78.7 Å². The molecule has 0 atom stereocenters. The molecule has 0 saturated heterocycles. The van der Waals surface area contributed by atoms with Crippen molar-refractivity contribution in [3.8, 4) is 0 Å². The minimum atomic E-state index is 0.739. The molecule has 68 valence electrons. The Kier molecular flexibility index (Phi) is 2.05. The van der Waals surface area contributed by atoms with Crippen LogP contribution in [-0.2, 0) is 6.42 Å². The van der Waals surface area contributed by atoms with Crippen LogP contribution in [0.15, 0.2) is 24.3 Å². The summed E-state index contributed by atoms with van der Waals surface area (Å²) < 4.78 is 0. The molecule has 0 unspecified atom stereocenters. The highest BCUT2D eigenvalue weighted by Gasteiger charge is 2.22. The molecule has 1 N–H and O–H groups in total. The second-order valence-corrected chi connectivity index (χ2v) is 3.40. The normalized spacial score (nSPS) is 14.8. The van der Waals surface area contributed by atoms with E-state index in [1.807, 2.05) is 12.1 Å². The van der Waals surface area contributed by atoms with Gasteiger partial charge in [-0.2, -0.15) is 0 Å². The number of rotatable bonds is 2. The summed E-state index contributed by atoms with van der Waals surface area (Å²) in [5.74, 6) is 0.739. The van der Waals surface area contributed by atoms with Gasteiger partial charge in [0, 0.05) is 18.7 Å². The molecule has 2 nitrogen and oxygen atoms in total. The monoisotopic (exact) mass is 174 g/mol. The van der Waals surface area contributed by atoms with E-state index in [-0.39, 0.29) is 0 Å². The largest absolute Gasteiger partial charge is 0.330 e. The van der Waals surface area contributed by atoms with E-state index < -0.39 is 0 Å². The average Bonchev–Trinajstić information content (AvgIpc) is 2.44. The van der Waals surface area contributed by atoms with Crippen molar-refractivity contribution in [3.63, 3.8) is 0 Å². The third kappa shape index (κ3) is 1.32. The molecule has 1 heterocycles. The molecule has 0 aromatic heterocycles. The summed E-state index contributed by atoms with van der Waals surface area (Å²) >= 11 is 0. The van der Waals surface area contributed by atoms with Crippen molar-refractivity contribution in [2.75, 3.05) is 11.4 Å². The number of benzene rings is 1. The predicted molar refractivity (Wildman–Crippen MR) is 55.5 cm³/mol. The lowest BCUT2D eigenvalue weighted by atomic mass is 10.2. The van der Waals surface area contributed by atoms with Crippen LogP contribution >= 0.6 is 0 Å². The second kappa shape index (κ2) is 3.21. The van der Waals surface area contributed by atoms with Crippen molar-refractivity contribution in [1.29, 1.82) is 5.41 Å². The van der Waals surface area contributed by atoms with Crippen LogP contribution < -0.4 is 4.90 Å². The fourth-order valence-electron chi connectivity index (χ4n) is 1.82. The lowest BCUT2D eigenvalue weighted by molar-refractivity contribution is 0.904. The number of amidine groups is 1. The molecule has 2 heteroatoms. The zero-order chi connectivity index (χ0) is 9.26. The first kappa shape index (κ1) is 8.30. The van der Waals surface area contributed by atoms with Gasteiger partial charge in [-0.1, -0.05) is 25.1 Å². The van der Waals surface area contributed by atoms with Crippen molar-refractivity contribution in [2.45, 2.75) is 19.8 Å². The molecular formula is C11H14N2. The summed E-state index contributed by atoms with van der Waals surface area (Å²) in [6, 6.07) is 8.30. The van der Waals surface area contributed by atoms with Crippen LogP contribution in [0, 0.1) is 5.41 Å². The van der Waals surface area contributed by atoms with Gasteiger partial charge in [0.15, 0.2) is 0 Å². The predicted octanol–water partition coefficient (Wildman–Crippen LogP) is 2.44. The van der Waals surface area contributed by atoms with Gasteiger partial charge < -0.3 is 4.90 Å². The van der Waals surface area contributed by atoms with Gasteiger partial charge >= 0.3 is 0 Å². The van der Waals surface area contributed by atoms with Crippen LogP contribution in [0.25, 0.3) is 0 Å². The highest BCUT2D eigenvalue weighted by molar-refractivity contribution is 6.03. The Hall–Kier alpha value is -1.31. The number of anilines is 1. The molecule has 1 aromatic carbocycles. The van der Waals surface area contributed by atoms with E-state index >= 15 is 0 Å². The van der Waals surface area contributed by atoms with E-state index in [9.17, 15) is 0 Å². The molecule has 1 aliphatic rings. The summed E-state index contributed by atoms with van der Waals surface area (Å²) in [6.07, 6.45) is 1.90. The number of hydrogen-bond acceptors (Lipinski definition) is 1. The summed E-state index contributed by atoms with van der Waals surface area (Å²) in [4.78, 5) is 2.11. The zero-order valence-corrected chi connectivity index (χ0v) is 7.88. The third-order valence-corrected chi connectivity index (χ3v) is 2.41. The fourth-order valence-corrected chi connectivity index (χ4v) is 1.82. The number of fused-ring (bicyclic) bond motifs is 1. The van der Waals surface area contributed by atoms with Crippen molar-refractivity contribution in [3.05, 3.63) is 29.8 Å². The van der Waals surface area contributed by atoms with Gasteiger partial charge in [-0.3, -0.25) is 5.41 Å². The lowest BCUT2D eigenvalue weighted by Crippen LogP contribution is -2.26. The van der Waals surface area contributed by atoms with Crippen LogP contribution in [0.5, 0.6) is 0 Å². The summed E-state index contributed by atoms with van der Waals surface area (Å²) in [5.41, 5.74) is 2.52. The van der Waals surface area contributed by atoms with Crippen LogP contribution in [0.3, 0.4) is 0 Å². The minimum Gasteiger partial charge on any atom is -0.330 e. The first-order valence-corrected chi connectivity index (χ1v) is 4.76. The van der Waals surface area contributed by atoms with Gasteiger partial charge in [0.05, 0.1) is 0 Å². The molecule has 0 fully saturated rings. The van der Waals surface area contributed by atoms with Crippen molar-refractivity contribution in [1.82, 2.24) is 0 Å². The molecule has 0 radical (unpaired) electrons. The van der Waals surface area contributed by atoms with Gasteiger partial charge in [0.2, 0.25) is 0 Å². The van der Waals surface area contributed by atoms with Crippen LogP contribution in [0.4, 0.5) is 5.69 Å². The van der Waals surface area contributed by atoms with Crippen molar-refractivity contribution in [2.24, 2.45) is 0 Å². The highest BCUT2D eigenvalue weighted by atomic mass is 15.2. The van der Waals surface area contributed by atoms with E-state index in [4.69, 9.17) is 5.41 Å². The summed E-state index contributed by atoms with van der Waals surface area (Å²) in [7, 11) is 0. The van der Waals surface area contributed by atoms with Crippen molar-refractivity contribution < 1.29 is 0 Å². The molecule has 0 saturated carbocycles. The van der Waals surface area contributed by atoms with Crippen LogP contribution in [-0.4, -0.2) is 12.4 Å². The molecule has 0 bridgehead atoms. The molecule has 0 spiro atoms. The van der Waals surface area contributed by atoms with E-state index in [0.717, 1.165) is 25.2 Å². The molecule has 0 amide bonds. The smallest absolute Gasteiger partial charge is 0.105 e. The highest BCUT2D eigenvalue weighted by Crippen LogP contribution is 2.28. The number of nitrogens with one attached hydrogen (secondary N) is 1. The Morgan fingerprint density at radius 1 is 1.38 bits per heavy atom. The van der Waals surface area contributed by atoms with Gasteiger partial charge in [0.1, 0.15) is 5.84 Å². The number of para-hydroxylation sites is 1. The molecular weight excluding hydrogens is 160 g/mol. The standard InChI is InChI=1S/C11H14N2/c1-2-7-13-10-6-4-3-5-9(10)8-11(13)12/h3-6,12H,2,7-8H2,1H3. The van der Waals surface area contributed by atoms with E-state index in [0.29, 0.717) is 0 Å². The Bertz CT molecular complexity index is 331. The van der Waals surface area contributed by atoms with Gasteiger partial charge in [-0.25, -0.2) is 0 Å². The van der Waals surface area contributed by atoms with E-state index in [2.05, 4.69) is 24.0 Å². The molecule has 1 aliphatic heterocycles. The SMILES string of the molecule is CCCN1C(=N)Cc2ccccc21. The van der Waals surface area contributed by atoms with Crippen LogP contribution in [0.2, 0.25) is 0 Å².